The first-order valence-electron chi connectivity index (χ1n) is 8.66. The summed E-state index contributed by atoms with van der Waals surface area (Å²) in [5.41, 5.74) is 3.75. The molecule has 1 aliphatic carbocycles. The lowest BCUT2D eigenvalue weighted by Crippen LogP contribution is -2.49. The highest BCUT2D eigenvalue weighted by atomic mass is 16.5. The first-order valence-corrected chi connectivity index (χ1v) is 8.66. The number of piperazine rings is 1. The number of anilines is 1. The second kappa shape index (κ2) is 6.46. The van der Waals surface area contributed by atoms with Crippen LogP contribution in [-0.4, -0.2) is 49.4 Å². The van der Waals surface area contributed by atoms with Crippen molar-refractivity contribution in [2.45, 2.75) is 18.6 Å². The molecule has 0 spiro atoms. The van der Waals surface area contributed by atoms with Crippen molar-refractivity contribution >= 4 is 5.69 Å². The van der Waals surface area contributed by atoms with E-state index in [2.05, 4.69) is 46.2 Å². The normalized spacial score (nSPS) is 24.0. The van der Waals surface area contributed by atoms with Gasteiger partial charge < -0.3 is 14.7 Å². The summed E-state index contributed by atoms with van der Waals surface area (Å²) in [4.78, 5) is 4.81. The number of methoxy groups -OCH3 is 1. The maximum Gasteiger partial charge on any atom is 0.142 e. The fourth-order valence-corrected chi connectivity index (χ4v) is 4.12. The highest BCUT2D eigenvalue weighted by molar-refractivity contribution is 5.58. The third kappa shape index (κ3) is 2.66. The highest BCUT2D eigenvalue weighted by Crippen LogP contribution is 2.37. The van der Waals surface area contributed by atoms with Gasteiger partial charge in [0, 0.05) is 32.6 Å². The average molecular weight is 324 g/mol. The topological polar surface area (TPSA) is 35.9 Å². The van der Waals surface area contributed by atoms with E-state index in [1.807, 2.05) is 12.1 Å². The van der Waals surface area contributed by atoms with E-state index in [9.17, 15) is 5.11 Å². The average Bonchev–Trinajstić information content (AvgIpc) is 2.97. The second-order valence-electron chi connectivity index (χ2n) is 6.61. The molecule has 1 saturated heterocycles. The van der Waals surface area contributed by atoms with E-state index in [4.69, 9.17) is 4.74 Å². The lowest BCUT2D eigenvalue weighted by Gasteiger charge is -2.40. The van der Waals surface area contributed by atoms with E-state index < -0.39 is 0 Å². The van der Waals surface area contributed by atoms with Crippen molar-refractivity contribution in [1.29, 1.82) is 0 Å². The fourth-order valence-electron chi connectivity index (χ4n) is 4.12. The van der Waals surface area contributed by atoms with Crippen LogP contribution in [0.25, 0.3) is 0 Å². The lowest BCUT2D eigenvalue weighted by molar-refractivity contribution is 0.0574. The van der Waals surface area contributed by atoms with Gasteiger partial charge in [0.2, 0.25) is 0 Å². The lowest BCUT2D eigenvalue weighted by atomic mass is 10.0. The minimum atomic E-state index is -0.291. The van der Waals surface area contributed by atoms with Gasteiger partial charge in [-0.2, -0.15) is 0 Å². The molecule has 2 aromatic rings. The Morgan fingerprint density at radius 3 is 2.46 bits per heavy atom. The minimum absolute atomic E-state index is 0.140. The van der Waals surface area contributed by atoms with Gasteiger partial charge in [0.1, 0.15) is 5.75 Å². The minimum Gasteiger partial charge on any atom is -0.495 e. The van der Waals surface area contributed by atoms with Crippen LogP contribution in [0.5, 0.6) is 5.75 Å². The molecular weight excluding hydrogens is 300 g/mol. The number of benzene rings is 2. The Morgan fingerprint density at radius 1 is 0.958 bits per heavy atom. The molecule has 0 radical (unpaired) electrons. The molecule has 0 saturated carbocycles. The van der Waals surface area contributed by atoms with Crippen LogP contribution < -0.4 is 9.64 Å². The third-order valence-corrected chi connectivity index (χ3v) is 5.30. The maximum absolute atomic E-state index is 10.6. The van der Waals surface area contributed by atoms with Gasteiger partial charge in [-0.1, -0.05) is 36.4 Å². The van der Waals surface area contributed by atoms with Crippen molar-refractivity contribution in [2.75, 3.05) is 38.2 Å². The number of ether oxygens (including phenoxy) is 1. The molecule has 1 fully saturated rings. The monoisotopic (exact) mass is 324 g/mol. The number of fused-ring (bicyclic) bond motifs is 1. The smallest absolute Gasteiger partial charge is 0.142 e. The third-order valence-electron chi connectivity index (χ3n) is 5.30. The van der Waals surface area contributed by atoms with Crippen molar-refractivity contribution in [3.8, 4) is 5.75 Å². The summed E-state index contributed by atoms with van der Waals surface area (Å²) in [6.07, 6.45) is 0.480. The number of rotatable bonds is 3. The molecule has 4 rings (SSSR count). The predicted octanol–water partition coefficient (Wildman–Crippen LogP) is 2.48. The van der Waals surface area contributed by atoms with Gasteiger partial charge in [0.05, 0.1) is 24.9 Å². The Bertz CT molecular complexity index is 710. The zero-order valence-electron chi connectivity index (χ0n) is 14.1. The van der Waals surface area contributed by atoms with Gasteiger partial charge in [-0.05, 0) is 23.3 Å². The summed E-state index contributed by atoms with van der Waals surface area (Å²) in [6, 6.07) is 16.8. The molecule has 1 heterocycles. The Morgan fingerprint density at radius 2 is 1.67 bits per heavy atom. The van der Waals surface area contributed by atoms with Crippen LogP contribution in [0.15, 0.2) is 48.5 Å². The van der Waals surface area contributed by atoms with E-state index in [1.165, 1.54) is 11.1 Å². The quantitative estimate of drug-likeness (QED) is 0.941. The van der Waals surface area contributed by atoms with Gasteiger partial charge in [0.15, 0.2) is 0 Å². The molecule has 4 heteroatoms. The zero-order valence-corrected chi connectivity index (χ0v) is 14.1. The number of aliphatic hydroxyl groups excluding tert-OH is 1. The standard InChI is InChI=1S/C20H24N2O2/c1-24-19-9-5-4-8-17(19)21-10-12-22(13-11-21)20-16-7-3-2-6-15(16)14-18(20)23/h2-9,18,20,23H,10-14H2,1H3/t18-,20-/m1/s1. The molecule has 2 aromatic carbocycles. The molecular formula is C20H24N2O2. The van der Waals surface area contributed by atoms with Crippen molar-refractivity contribution < 1.29 is 9.84 Å². The molecule has 0 bridgehead atoms. The Kier molecular flexibility index (Phi) is 4.17. The van der Waals surface area contributed by atoms with Crippen LogP contribution in [0.1, 0.15) is 17.2 Å². The van der Waals surface area contributed by atoms with Crippen molar-refractivity contribution in [1.82, 2.24) is 4.90 Å². The molecule has 0 aromatic heterocycles. The van der Waals surface area contributed by atoms with E-state index in [1.54, 1.807) is 7.11 Å². The van der Waals surface area contributed by atoms with Crippen molar-refractivity contribution in [3.05, 3.63) is 59.7 Å². The molecule has 1 N–H and O–H groups in total. The van der Waals surface area contributed by atoms with E-state index in [0.29, 0.717) is 0 Å². The molecule has 0 unspecified atom stereocenters. The van der Waals surface area contributed by atoms with Gasteiger partial charge in [0.25, 0.3) is 0 Å². The SMILES string of the molecule is COc1ccccc1N1CCN([C@@H]2c3ccccc3C[C@H]2O)CC1. The predicted molar refractivity (Wildman–Crippen MR) is 95.7 cm³/mol. The van der Waals surface area contributed by atoms with Crippen molar-refractivity contribution in [3.63, 3.8) is 0 Å². The molecule has 0 amide bonds. The largest absolute Gasteiger partial charge is 0.495 e. The van der Waals surface area contributed by atoms with Crippen molar-refractivity contribution in [2.24, 2.45) is 0 Å². The summed E-state index contributed by atoms with van der Waals surface area (Å²) in [5.74, 6) is 0.928. The van der Waals surface area contributed by atoms with Crippen LogP contribution in [0.2, 0.25) is 0 Å². The highest BCUT2D eigenvalue weighted by Gasteiger charge is 2.36. The van der Waals surface area contributed by atoms with Gasteiger partial charge >= 0.3 is 0 Å². The second-order valence-corrected chi connectivity index (χ2v) is 6.61. The zero-order chi connectivity index (χ0) is 16.5. The first-order chi connectivity index (χ1) is 11.8. The fraction of sp³-hybridized carbons (Fsp3) is 0.400. The number of aliphatic hydroxyl groups is 1. The van der Waals surface area contributed by atoms with Gasteiger partial charge in [-0.15, -0.1) is 0 Å². The number of hydrogen-bond donors (Lipinski definition) is 1. The summed E-state index contributed by atoms with van der Waals surface area (Å²) in [5, 5.41) is 10.6. The summed E-state index contributed by atoms with van der Waals surface area (Å²) in [6.45, 7) is 3.81. The molecule has 126 valence electrons. The molecule has 4 nitrogen and oxygen atoms in total. The van der Waals surface area contributed by atoms with Gasteiger partial charge in [-0.25, -0.2) is 0 Å². The maximum atomic E-state index is 10.6. The van der Waals surface area contributed by atoms with Crippen LogP contribution in [-0.2, 0) is 6.42 Å². The Balaban J connectivity index is 1.49. The van der Waals surface area contributed by atoms with Gasteiger partial charge in [-0.3, -0.25) is 4.90 Å². The molecule has 1 aliphatic heterocycles. The Labute approximate surface area is 143 Å². The summed E-state index contributed by atoms with van der Waals surface area (Å²) < 4.78 is 5.49. The molecule has 2 aliphatic rings. The van der Waals surface area contributed by atoms with Crippen LogP contribution in [0.3, 0.4) is 0 Å². The summed E-state index contributed by atoms with van der Waals surface area (Å²) >= 11 is 0. The number of hydrogen-bond acceptors (Lipinski definition) is 4. The molecule has 2 atom stereocenters. The molecule has 24 heavy (non-hydrogen) atoms. The number of nitrogens with zero attached hydrogens (tertiary/aromatic N) is 2. The van der Waals surface area contributed by atoms with E-state index in [-0.39, 0.29) is 12.1 Å². The number of para-hydroxylation sites is 2. The van der Waals surface area contributed by atoms with Crippen LogP contribution in [0, 0.1) is 0 Å². The van der Waals surface area contributed by atoms with Crippen LogP contribution in [0.4, 0.5) is 5.69 Å². The Hall–Kier alpha value is -2.04. The van der Waals surface area contributed by atoms with Crippen LogP contribution >= 0.6 is 0 Å². The van der Waals surface area contributed by atoms with E-state index >= 15 is 0 Å². The first kappa shape index (κ1) is 15.5. The summed E-state index contributed by atoms with van der Waals surface area (Å²) in [7, 11) is 1.72. The van der Waals surface area contributed by atoms with E-state index in [0.717, 1.165) is 44.0 Å².